The SMILES string of the molecule is CCC(C)(N)C(=O)NC(C)C(CO)SC. The monoisotopic (exact) mass is 234 g/mol. The first-order valence-electron chi connectivity index (χ1n) is 5.12. The van der Waals surface area contributed by atoms with Gasteiger partial charge >= 0.3 is 0 Å². The van der Waals surface area contributed by atoms with Crippen LogP contribution in [0.15, 0.2) is 0 Å². The Morgan fingerprint density at radius 1 is 1.67 bits per heavy atom. The number of hydrogen-bond donors (Lipinski definition) is 3. The minimum Gasteiger partial charge on any atom is -0.395 e. The summed E-state index contributed by atoms with van der Waals surface area (Å²) in [7, 11) is 0. The van der Waals surface area contributed by atoms with Gasteiger partial charge in [-0.05, 0) is 26.5 Å². The molecule has 4 nitrogen and oxygen atoms in total. The van der Waals surface area contributed by atoms with Crippen molar-refractivity contribution < 1.29 is 9.90 Å². The summed E-state index contributed by atoms with van der Waals surface area (Å²) in [4.78, 5) is 11.7. The molecule has 4 N–H and O–H groups in total. The molecule has 0 saturated carbocycles. The van der Waals surface area contributed by atoms with Crippen LogP contribution in [0.1, 0.15) is 27.2 Å². The summed E-state index contributed by atoms with van der Waals surface area (Å²) in [5.41, 5.74) is 4.98. The summed E-state index contributed by atoms with van der Waals surface area (Å²) in [6, 6.07) is -0.0769. The number of aliphatic hydroxyl groups is 1. The molecule has 1 amide bonds. The number of carbonyl (C=O) groups is 1. The second kappa shape index (κ2) is 6.35. The number of amides is 1. The van der Waals surface area contributed by atoms with E-state index in [1.54, 1.807) is 6.92 Å². The van der Waals surface area contributed by atoms with E-state index in [-0.39, 0.29) is 23.8 Å². The number of nitrogens with two attached hydrogens (primary N) is 1. The van der Waals surface area contributed by atoms with Crippen LogP contribution in [0.3, 0.4) is 0 Å². The largest absolute Gasteiger partial charge is 0.395 e. The molecular formula is C10H22N2O2S. The lowest BCUT2D eigenvalue weighted by molar-refractivity contribution is -0.126. The standard InChI is InChI=1S/C10H22N2O2S/c1-5-10(3,11)9(14)12-7(2)8(6-13)15-4/h7-8,13H,5-6,11H2,1-4H3,(H,12,14). The van der Waals surface area contributed by atoms with Gasteiger partial charge in [-0.15, -0.1) is 0 Å². The zero-order chi connectivity index (χ0) is 12.1. The number of carbonyl (C=O) groups excluding carboxylic acids is 1. The Bertz CT molecular complexity index is 206. The van der Waals surface area contributed by atoms with Gasteiger partial charge in [-0.2, -0.15) is 11.8 Å². The maximum atomic E-state index is 11.7. The van der Waals surface area contributed by atoms with Crippen molar-refractivity contribution in [2.24, 2.45) is 5.73 Å². The smallest absolute Gasteiger partial charge is 0.240 e. The van der Waals surface area contributed by atoms with E-state index in [0.717, 1.165) is 0 Å². The molecule has 0 aliphatic rings. The number of rotatable bonds is 6. The van der Waals surface area contributed by atoms with E-state index in [4.69, 9.17) is 10.8 Å². The summed E-state index contributed by atoms with van der Waals surface area (Å²) in [6.45, 7) is 5.52. The van der Waals surface area contributed by atoms with E-state index in [0.29, 0.717) is 6.42 Å². The summed E-state index contributed by atoms with van der Waals surface area (Å²) in [5, 5.41) is 11.9. The van der Waals surface area contributed by atoms with E-state index in [9.17, 15) is 4.79 Å². The minimum atomic E-state index is -0.827. The number of nitrogens with one attached hydrogen (secondary N) is 1. The molecule has 0 saturated heterocycles. The Hall–Kier alpha value is -0.260. The molecule has 0 aromatic rings. The van der Waals surface area contributed by atoms with Crippen molar-refractivity contribution in [3.63, 3.8) is 0 Å². The van der Waals surface area contributed by atoms with E-state index in [1.807, 2.05) is 20.1 Å². The quantitative estimate of drug-likeness (QED) is 0.619. The van der Waals surface area contributed by atoms with Gasteiger partial charge in [0, 0.05) is 11.3 Å². The van der Waals surface area contributed by atoms with Crippen LogP contribution < -0.4 is 11.1 Å². The molecule has 0 aliphatic carbocycles. The molecule has 5 heteroatoms. The molecule has 0 heterocycles. The van der Waals surface area contributed by atoms with Crippen LogP contribution >= 0.6 is 11.8 Å². The van der Waals surface area contributed by atoms with Gasteiger partial charge in [0.15, 0.2) is 0 Å². The Morgan fingerprint density at radius 2 is 2.20 bits per heavy atom. The lowest BCUT2D eigenvalue weighted by Gasteiger charge is -2.27. The average Bonchev–Trinajstić information content (AvgIpc) is 2.19. The molecule has 3 atom stereocenters. The first kappa shape index (κ1) is 14.7. The molecule has 3 unspecified atom stereocenters. The Kier molecular flexibility index (Phi) is 6.24. The maximum absolute atomic E-state index is 11.7. The molecule has 15 heavy (non-hydrogen) atoms. The van der Waals surface area contributed by atoms with Gasteiger partial charge in [0.05, 0.1) is 12.1 Å². The number of aliphatic hydroxyl groups excluding tert-OH is 1. The molecule has 0 rings (SSSR count). The molecule has 0 aliphatic heterocycles. The number of hydrogen-bond acceptors (Lipinski definition) is 4. The third-order valence-electron chi connectivity index (χ3n) is 2.65. The minimum absolute atomic E-state index is 0.0154. The van der Waals surface area contributed by atoms with Crippen LogP contribution in [0.2, 0.25) is 0 Å². The summed E-state index contributed by atoms with van der Waals surface area (Å²) >= 11 is 1.53. The highest BCUT2D eigenvalue weighted by molar-refractivity contribution is 7.99. The van der Waals surface area contributed by atoms with Crippen molar-refractivity contribution in [1.29, 1.82) is 0 Å². The van der Waals surface area contributed by atoms with Crippen LogP contribution in [0.4, 0.5) is 0 Å². The fourth-order valence-electron chi connectivity index (χ4n) is 1.06. The fourth-order valence-corrected chi connectivity index (χ4v) is 1.69. The van der Waals surface area contributed by atoms with Gasteiger partial charge in [0.2, 0.25) is 5.91 Å². The predicted octanol–water partition coefficient (Wildman–Crippen LogP) is 0.342. The molecule has 0 aromatic carbocycles. The van der Waals surface area contributed by atoms with Crippen LogP contribution in [-0.2, 0) is 4.79 Å². The normalized spacial score (nSPS) is 19.1. The molecule has 0 aromatic heterocycles. The van der Waals surface area contributed by atoms with Crippen molar-refractivity contribution in [2.75, 3.05) is 12.9 Å². The molecule has 0 bridgehead atoms. The van der Waals surface area contributed by atoms with Crippen LogP contribution in [-0.4, -0.2) is 40.7 Å². The van der Waals surface area contributed by atoms with Gasteiger partial charge in [-0.1, -0.05) is 6.92 Å². The second-order valence-electron chi connectivity index (χ2n) is 3.99. The van der Waals surface area contributed by atoms with E-state index in [1.165, 1.54) is 11.8 Å². The van der Waals surface area contributed by atoms with Gasteiger partial charge in [-0.25, -0.2) is 0 Å². The third-order valence-corrected chi connectivity index (χ3v) is 3.82. The zero-order valence-electron chi connectivity index (χ0n) is 9.91. The topological polar surface area (TPSA) is 75.4 Å². The maximum Gasteiger partial charge on any atom is 0.240 e. The molecule has 0 spiro atoms. The van der Waals surface area contributed by atoms with Crippen LogP contribution in [0.25, 0.3) is 0 Å². The lowest BCUT2D eigenvalue weighted by atomic mass is 9.99. The van der Waals surface area contributed by atoms with E-state index in [2.05, 4.69) is 5.32 Å². The Labute approximate surface area is 96.0 Å². The van der Waals surface area contributed by atoms with E-state index >= 15 is 0 Å². The average molecular weight is 234 g/mol. The van der Waals surface area contributed by atoms with Crippen molar-refractivity contribution in [3.05, 3.63) is 0 Å². The Balaban J connectivity index is 4.29. The zero-order valence-corrected chi connectivity index (χ0v) is 10.7. The van der Waals surface area contributed by atoms with Gasteiger partial charge in [-0.3, -0.25) is 4.79 Å². The summed E-state index contributed by atoms with van der Waals surface area (Å²) in [6.07, 6.45) is 2.50. The predicted molar refractivity (Wildman–Crippen MR) is 64.9 cm³/mol. The second-order valence-corrected chi connectivity index (χ2v) is 5.07. The third kappa shape index (κ3) is 4.40. The van der Waals surface area contributed by atoms with Crippen molar-refractivity contribution >= 4 is 17.7 Å². The summed E-state index contributed by atoms with van der Waals surface area (Å²) < 4.78 is 0. The van der Waals surface area contributed by atoms with Crippen LogP contribution in [0.5, 0.6) is 0 Å². The van der Waals surface area contributed by atoms with Gasteiger partial charge < -0.3 is 16.2 Å². The van der Waals surface area contributed by atoms with E-state index < -0.39 is 5.54 Å². The van der Waals surface area contributed by atoms with Crippen molar-refractivity contribution in [1.82, 2.24) is 5.32 Å². The molecular weight excluding hydrogens is 212 g/mol. The van der Waals surface area contributed by atoms with Gasteiger partial charge in [0.25, 0.3) is 0 Å². The lowest BCUT2D eigenvalue weighted by Crippen LogP contribution is -2.55. The highest BCUT2D eigenvalue weighted by Gasteiger charge is 2.28. The first-order chi connectivity index (χ1) is 6.88. The fraction of sp³-hybridized carbons (Fsp3) is 0.900. The molecule has 90 valence electrons. The van der Waals surface area contributed by atoms with Crippen LogP contribution in [0, 0.1) is 0 Å². The number of thioether (sulfide) groups is 1. The van der Waals surface area contributed by atoms with Gasteiger partial charge in [0.1, 0.15) is 0 Å². The van der Waals surface area contributed by atoms with Crippen molar-refractivity contribution in [3.8, 4) is 0 Å². The highest BCUT2D eigenvalue weighted by atomic mass is 32.2. The highest BCUT2D eigenvalue weighted by Crippen LogP contribution is 2.12. The molecule has 0 fully saturated rings. The molecule has 0 radical (unpaired) electrons. The van der Waals surface area contributed by atoms with Crippen molar-refractivity contribution in [2.45, 2.75) is 44.0 Å². The first-order valence-corrected chi connectivity index (χ1v) is 6.41. The summed E-state index contributed by atoms with van der Waals surface area (Å²) in [5.74, 6) is -0.162. The Morgan fingerprint density at radius 3 is 2.53 bits per heavy atom.